The normalized spacial score (nSPS) is 11.5. The maximum absolute atomic E-state index is 5.52. The summed E-state index contributed by atoms with van der Waals surface area (Å²) in [6, 6.07) is 53.6. The third-order valence-corrected chi connectivity index (χ3v) is 9.22. The van der Waals surface area contributed by atoms with Gasteiger partial charge in [0.25, 0.3) is 0 Å². The summed E-state index contributed by atoms with van der Waals surface area (Å²) in [4.78, 5) is 0. The van der Waals surface area contributed by atoms with Crippen LogP contribution in [0.4, 0.5) is 0 Å². The van der Waals surface area contributed by atoms with E-state index in [-0.39, 0.29) is 35.6 Å². The Kier molecular flexibility index (Phi) is 20.5. The number of rotatable bonds is 2. The fourth-order valence-electron chi connectivity index (χ4n) is 6.28. The minimum atomic E-state index is 0. The summed E-state index contributed by atoms with van der Waals surface area (Å²) in [5, 5.41) is 0.763. The molecule has 0 nitrogen and oxygen atoms in total. The topological polar surface area (TPSA) is 0 Å². The van der Waals surface area contributed by atoms with E-state index in [1.54, 1.807) is 24.3 Å². The Morgan fingerprint density at radius 3 is 1.55 bits per heavy atom. The number of halogens is 3. The van der Waals surface area contributed by atoms with Crippen LogP contribution in [0, 0.1) is 31.2 Å². The Morgan fingerprint density at radius 1 is 0.625 bits per heavy atom. The molecule has 0 bridgehead atoms. The van der Waals surface area contributed by atoms with E-state index in [0.717, 1.165) is 17.9 Å². The van der Waals surface area contributed by atoms with E-state index in [2.05, 4.69) is 162 Å². The Labute approximate surface area is 370 Å². The molecule has 6 aromatic rings. The molecule has 0 heterocycles. The summed E-state index contributed by atoms with van der Waals surface area (Å²) in [6.45, 7) is 16.0. The van der Waals surface area contributed by atoms with E-state index >= 15 is 0 Å². The van der Waals surface area contributed by atoms with Crippen molar-refractivity contribution < 1.29 is 24.2 Å². The molecule has 0 spiro atoms. The van der Waals surface area contributed by atoms with Crippen molar-refractivity contribution in [2.75, 3.05) is 0 Å². The summed E-state index contributed by atoms with van der Waals surface area (Å²) in [6.07, 6.45) is 10.9. The summed E-state index contributed by atoms with van der Waals surface area (Å²) in [7, 11) is 0. The molecule has 8 rings (SSSR count). The fourth-order valence-corrected chi connectivity index (χ4v) is 6.40. The summed E-state index contributed by atoms with van der Waals surface area (Å²) < 4.78 is 3.34. The minimum absolute atomic E-state index is 0. The van der Waals surface area contributed by atoms with Gasteiger partial charge in [-0.3, -0.25) is 6.08 Å². The zero-order valence-corrected chi connectivity index (χ0v) is 38.5. The van der Waals surface area contributed by atoms with Crippen LogP contribution in [0.1, 0.15) is 75.8 Å². The van der Waals surface area contributed by atoms with Crippen LogP contribution < -0.4 is 0 Å². The van der Waals surface area contributed by atoms with Crippen molar-refractivity contribution in [1.29, 1.82) is 0 Å². The van der Waals surface area contributed by atoms with Crippen molar-refractivity contribution in [3.8, 4) is 33.4 Å². The Morgan fingerprint density at radius 2 is 1.14 bits per heavy atom. The first-order chi connectivity index (χ1) is 25.9. The predicted octanol–water partition coefficient (Wildman–Crippen LogP) is 15.0. The van der Waals surface area contributed by atoms with Gasteiger partial charge in [0.1, 0.15) is 0 Å². The number of hydrogen-bond acceptors (Lipinski definition) is 0. The average Bonchev–Trinajstić information content (AvgIpc) is 3.88. The van der Waals surface area contributed by atoms with Gasteiger partial charge >= 0.3 is 28.4 Å². The molecule has 0 unspecified atom stereocenters. The van der Waals surface area contributed by atoms with E-state index in [4.69, 9.17) is 11.6 Å². The van der Waals surface area contributed by atoms with Gasteiger partial charge in [0.2, 0.25) is 0 Å². The Hall–Kier alpha value is -3.58. The number of aryl methyl sites for hydroxylation is 1. The van der Waals surface area contributed by atoms with E-state index in [1.165, 1.54) is 85.4 Å². The van der Waals surface area contributed by atoms with Crippen LogP contribution in [0.2, 0.25) is 5.02 Å². The van der Waals surface area contributed by atoms with Crippen molar-refractivity contribution in [1.82, 2.24) is 0 Å². The number of fused-ring (bicyclic) bond motifs is 3. The summed E-state index contributed by atoms with van der Waals surface area (Å²) in [5.41, 5.74) is 14.8. The van der Waals surface area contributed by atoms with Crippen LogP contribution >= 0.6 is 36.4 Å². The second kappa shape index (κ2) is 23.6. The molecule has 0 atom stereocenters. The van der Waals surface area contributed by atoms with Crippen molar-refractivity contribution >= 4 is 40.6 Å². The number of hydrogen-bond donors (Lipinski definition) is 0. The SMILES string of the molecule is CC(C)(C)c1cc2c([c-]c1-c1ccccc1)Cc1cc(-c3ccccc3)c(C(C)(C)C)cc1-2.Cc1cc[c-]cc1.Cl.Cl.Clc1cc[c-]cc1.[C-]1=CC=CC1.[CH2]=[Zr]. The molecule has 0 N–H and O–H groups in total. The second-order valence-electron chi connectivity index (χ2n) is 15.2. The molecule has 290 valence electrons. The zero-order valence-electron chi connectivity index (χ0n) is 33.7. The Balaban J connectivity index is 0.000000382. The molecule has 4 heteroatoms. The van der Waals surface area contributed by atoms with E-state index in [0.29, 0.717) is 0 Å². The predicted molar refractivity (Wildman–Crippen MR) is 245 cm³/mol. The molecule has 0 saturated carbocycles. The standard InChI is InChI=1S/C33H33.C7H7.C6H4Cl.C5H5.CH2.2ClH.Zr/c1-32(2,3)30-20-26-24(18-28(30)22-13-9-7-10-14-22)17-25-19-29(23-15-11-8-12-16-23)31(21-27(25)26)33(4,5)6;1-7-5-3-2-4-6-7;7-6-4-2-1-3-5-6;1-2-4-5-3-1;;;;/h7-16,18,20-21H,17H2,1-6H3;3-6H,1H3;2-5H;1-3H,4H2;1H2;2*1H;/q4*-1;;;;. The average molecular weight is 876 g/mol. The van der Waals surface area contributed by atoms with Crippen molar-refractivity contribution in [2.45, 2.75) is 72.1 Å². The molecule has 0 aromatic heterocycles. The summed E-state index contributed by atoms with van der Waals surface area (Å²) >= 11 is 6.82. The van der Waals surface area contributed by atoms with Crippen molar-refractivity contribution in [3.63, 3.8) is 0 Å². The van der Waals surface area contributed by atoms with Gasteiger partial charge in [0, 0.05) is 0 Å². The second-order valence-corrected chi connectivity index (χ2v) is 15.6. The first-order valence-corrected chi connectivity index (χ1v) is 20.5. The van der Waals surface area contributed by atoms with Crippen LogP contribution in [0.5, 0.6) is 0 Å². The van der Waals surface area contributed by atoms with Crippen molar-refractivity contribution in [3.05, 3.63) is 203 Å². The molecule has 56 heavy (non-hydrogen) atoms. The zero-order chi connectivity index (χ0) is 39.1. The van der Waals surface area contributed by atoms with E-state index in [1.807, 2.05) is 36.4 Å². The molecule has 0 saturated heterocycles. The molecule has 2 aliphatic carbocycles. The van der Waals surface area contributed by atoms with Gasteiger partial charge < -0.3 is 0 Å². The molecule has 0 fully saturated rings. The molecular formula is C52H53Cl3Zr-4. The van der Waals surface area contributed by atoms with Gasteiger partial charge in [-0.05, 0) is 39.5 Å². The molecule has 0 radical (unpaired) electrons. The molecule has 0 aliphatic heterocycles. The van der Waals surface area contributed by atoms with E-state index in [9.17, 15) is 0 Å². The monoisotopic (exact) mass is 872 g/mol. The molecule has 2 aliphatic rings. The number of allylic oxidation sites excluding steroid dienone is 4. The fraction of sp³-hybridized carbons (Fsp3) is 0.212. The van der Waals surface area contributed by atoms with Crippen LogP contribution in [0.3, 0.4) is 0 Å². The van der Waals surface area contributed by atoms with Crippen LogP contribution in [0.15, 0.2) is 146 Å². The third kappa shape index (κ3) is 14.1. The van der Waals surface area contributed by atoms with Crippen LogP contribution in [0.25, 0.3) is 33.4 Å². The molecule has 6 aromatic carbocycles. The first kappa shape index (κ1) is 48.6. The van der Waals surface area contributed by atoms with Gasteiger partial charge in [0.15, 0.2) is 0 Å². The van der Waals surface area contributed by atoms with Crippen LogP contribution in [-0.4, -0.2) is 4.21 Å². The van der Waals surface area contributed by atoms with Crippen molar-refractivity contribution in [2.24, 2.45) is 0 Å². The molecular weight excluding hydrogens is 822 g/mol. The molecule has 0 amide bonds. The van der Waals surface area contributed by atoms with Gasteiger partial charge in [-0.15, -0.1) is 71.7 Å². The first-order valence-electron chi connectivity index (χ1n) is 18.4. The van der Waals surface area contributed by atoms with Gasteiger partial charge in [-0.2, -0.15) is 72.3 Å². The van der Waals surface area contributed by atoms with Gasteiger partial charge in [-0.25, -0.2) is 12.2 Å². The van der Waals surface area contributed by atoms with Gasteiger partial charge in [-0.1, -0.05) is 143 Å². The van der Waals surface area contributed by atoms with Crippen LogP contribution in [-0.2, 0) is 41.5 Å². The van der Waals surface area contributed by atoms with Gasteiger partial charge in [0.05, 0.1) is 0 Å². The number of benzene rings is 6. The quantitative estimate of drug-likeness (QED) is 0.152. The summed E-state index contributed by atoms with van der Waals surface area (Å²) in [5.74, 6) is 0. The Bertz CT molecular complexity index is 1960. The third-order valence-electron chi connectivity index (χ3n) is 8.97. The van der Waals surface area contributed by atoms with E-state index < -0.39 is 0 Å². The maximum atomic E-state index is 5.52.